The topological polar surface area (TPSA) is 36.4 Å². The van der Waals surface area contributed by atoms with E-state index in [4.69, 9.17) is 0 Å². The highest BCUT2D eigenvalue weighted by Gasteiger charge is 2.14. The number of guanidine groups is 1. The summed E-state index contributed by atoms with van der Waals surface area (Å²) < 4.78 is 12.9. The van der Waals surface area contributed by atoms with Gasteiger partial charge in [-0.1, -0.05) is 31.4 Å². The lowest BCUT2D eigenvalue weighted by molar-refractivity contribution is 0.410. The summed E-state index contributed by atoms with van der Waals surface area (Å²) >= 11 is 0. The van der Waals surface area contributed by atoms with Crippen molar-refractivity contribution in [2.75, 3.05) is 6.54 Å². The summed E-state index contributed by atoms with van der Waals surface area (Å²) in [6.07, 6.45) is 6.40. The van der Waals surface area contributed by atoms with Crippen LogP contribution in [-0.4, -0.2) is 18.5 Å². The zero-order chi connectivity index (χ0) is 14.2. The Morgan fingerprint density at radius 3 is 2.55 bits per heavy atom. The quantitative estimate of drug-likeness (QED) is 0.655. The number of nitrogens with zero attached hydrogens (tertiary/aromatic N) is 1. The minimum atomic E-state index is -0.204. The van der Waals surface area contributed by atoms with Crippen LogP contribution in [0, 0.1) is 5.82 Å². The van der Waals surface area contributed by atoms with Gasteiger partial charge in [0.2, 0.25) is 0 Å². The van der Waals surface area contributed by atoms with Crippen LogP contribution in [0.2, 0.25) is 0 Å². The molecule has 0 saturated heterocycles. The van der Waals surface area contributed by atoms with E-state index in [-0.39, 0.29) is 5.82 Å². The second-order valence-electron chi connectivity index (χ2n) is 5.30. The molecule has 0 amide bonds. The van der Waals surface area contributed by atoms with Crippen LogP contribution in [0.1, 0.15) is 44.6 Å². The molecule has 1 fully saturated rings. The Morgan fingerprint density at radius 2 is 1.90 bits per heavy atom. The summed E-state index contributed by atoms with van der Waals surface area (Å²) in [6.45, 7) is 3.49. The summed E-state index contributed by atoms with van der Waals surface area (Å²) in [5.41, 5.74) is 1.02. The first-order valence-electron chi connectivity index (χ1n) is 7.57. The van der Waals surface area contributed by atoms with E-state index in [0.717, 1.165) is 18.1 Å². The number of hydrogen-bond donors (Lipinski definition) is 2. The zero-order valence-corrected chi connectivity index (χ0v) is 12.2. The average molecular weight is 277 g/mol. The summed E-state index contributed by atoms with van der Waals surface area (Å²) in [4.78, 5) is 4.58. The average Bonchev–Trinajstić information content (AvgIpc) is 2.48. The Balaban J connectivity index is 1.92. The fourth-order valence-electron chi connectivity index (χ4n) is 2.52. The summed E-state index contributed by atoms with van der Waals surface area (Å²) in [5, 5.41) is 6.78. The van der Waals surface area contributed by atoms with Gasteiger partial charge in [-0.15, -0.1) is 0 Å². The number of rotatable bonds is 4. The highest BCUT2D eigenvalue weighted by Crippen LogP contribution is 2.17. The fourth-order valence-corrected chi connectivity index (χ4v) is 2.52. The molecule has 0 heterocycles. The van der Waals surface area contributed by atoms with Crippen LogP contribution < -0.4 is 10.6 Å². The Morgan fingerprint density at radius 1 is 1.20 bits per heavy atom. The van der Waals surface area contributed by atoms with E-state index < -0.39 is 0 Å². The fraction of sp³-hybridized carbons (Fsp3) is 0.562. The first kappa shape index (κ1) is 14.8. The molecule has 3 nitrogen and oxygen atoms in total. The predicted octanol–water partition coefficient (Wildman–Crippen LogP) is 3.21. The smallest absolute Gasteiger partial charge is 0.191 e. The van der Waals surface area contributed by atoms with Gasteiger partial charge in [-0.2, -0.15) is 0 Å². The van der Waals surface area contributed by atoms with Gasteiger partial charge in [0, 0.05) is 12.6 Å². The van der Waals surface area contributed by atoms with E-state index in [1.807, 2.05) is 0 Å². The van der Waals surface area contributed by atoms with Gasteiger partial charge in [0.05, 0.1) is 6.54 Å². The van der Waals surface area contributed by atoms with Crippen LogP contribution in [-0.2, 0) is 6.54 Å². The molecule has 0 atom stereocenters. The second kappa shape index (κ2) is 7.88. The van der Waals surface area contributed by atoms with Gasteiger partial charge in [0.25, 0.3) is 0 Å². The first-order valence-corrected chi connectivity index (χ1v) is 7.57. The number of benzene rings is 1. The molecular formula is C16H24FN3. The van der Waals surface area contributed by atoms with Crippen molar-refractivity contribution in [3.63, 3.8) is 0 Å². The Hall–Kier alpha value is -1.58. The summed E-state index contributed by atoms with van der Waals surface area (Å²) in [5.74, 6) is 0.661. The van der Waals surface area contributed by atoms with Crippen LogP contribution in [0.25, 0.3) is 0 Å². The molecule has 1 aromatic rings. The minimum absolute atomic E-state index is 0.204. The predicted molar refractivity (Wildman–Crippen MR) is 81.2 cm³/mol. The first-order chi connectivity index (χ1) is 9.78. The van der Waals surface area contributed by atoms with Crippen molar-refractivity contribution in [3.05, 3.63) is 35.6 Å². The molecule has 1 aliphatic rings. The lowest BCUT2D eigenvalue weighted by Gasteiger charge is -2.24. The van der Waals surface area contributed by atoms with E-state index in [1.165, 1.54) is 44.2 Å². The Labute approximate surface area is 120 Å². The van der Waals surface area contributed by atoms with Gasteiger partial charge in [-0.25, -0.2) is 9.38 Å². The van der Waals surface area contributed by atoms with Crippen LogP contribution in [0.15, 0.2) is 29.3 Å². The molecule has 110 valence electrons. The standard InChI is InChI=1S/C16H24FN3/c1-2-18-16(20-15-6-4-3-5-7-15)19-12-13-8-10-14(17)11-9-13/h8-11,15H,2-7,12H2,1H3,(H2,18,19,20). The number of halogens is 1. The van der Waals surface area contributed by atoms with E-state index in [0.29, 0.717) is 12.6 Å². The molecule has 1 aromatic carbocycles. The summed E-state index contributed by atoms with van der Waals surface area (Å²) in [7, 11) is 0. The second-order valence-corrected chi connectivity index (χ2v) is 5.30. The van der Waals surface area contributed by atoms with Crippen molar-refractivity contribution in [1.82, 2.24) is 10.6 Å². The SMILES string of the molecule is CCNC(=NCc1ccc(F)cc1)NC1CCCCC1. The van der Waals surface area contributed by atoms with Gasteiger partial charge < -0.3 is 10.6 Å². The van der Waals surface area contributed by atoms with Crippen molar-refractivity contribution in [2.24, 2.45) is 4.99 Å². The minimum Gasteiger partial charge on any atom is -0.357 e. The van der Waals surface area contributed by atoms with E-state index in [9.17, 15) is 4.39 Å². The maximum atomic E-state index is 12.9. The third kappa shape index (κ3) is 4.83. The molecule has 0 radical (unpaired) electrons. The van der Waals surface area contributed by atoms with Crippen LogP contribution in [0.3, 0.4) is 0 Å². The molecule has 0 aromatic heterocycles. The molecule has 0 spiro atoms. The normalized spacial score (nSPS) is 17.0. The Kier molecular flexibility index (Phi) is 5.84. The van der Waals surface area contributed by atoms with Crippen molar-refractivity contribution < 1.29 is 4.39 Å². The molecule has 1 aliphatic carbocycles. The molecule has 0 bridgehead atoms. The largest absolute Gasteiger partial charge is 0.357 e. The van der Waals surface area contributed by atoms with Crippen LogP contribution in [0.5, 0.6) is 0 Å². The van der Waals surface area contributed by atoms with Gasteiger partial charge >= 0.3 is 0 Å². The molecule has 2 N–H and O–H groups in total. The highest BCUT2D eigenvalue weighted by molar-refractivity contribution is 5.80. The molecule has 0 unspecified atom stereocenters. The summed E-state index contributed by atoms with van der Waals surface area (Å²) in [6, 6.07) is 7.06. The van der Waals surface area contributed by atoms with Crippen molar-refractivity contribution in [1.29, 1.82) is 0 Å². The molecule has 2 rings (SSSR count). The van der Waals surface area contributed by atoms with Crippen molar-refractivity contribution in [2.45, 2.75) is 51.6 Å². The zero-order valence-electron chi connectivity index (χ0n) is 12.2. The van der Waals surface area contributed by atoms with Crippen LogP contribution in [0.4, 0.5) is 4.39 Å². The Bertz CT molecular complexity index is 422. The molecule has 1 saturated carbocycles. The lowest BCUT2D eigenvalue weighted by Crippen LogP contribution is -2.44. The molecule has 20 heavy (non-hydrogen) atoms. The maximum absolute atomic E-state index is 12.9. The van der Waals surface area contributed by atoms with Gasteiger partial charge in [0.15, 0.2) is 5.96 Å². The monoisotopic (exact) mass is 277 g/mol. The number of hydrogen-bond acceptors (Lipinski definition) is 1. The third-order valence-electron chi connectivity index (χ3n) is 3.62. The van der Waals surface area contributed by atoms with Crippen molar-refractivity contribution >= 4 is 5.96 Å². The van der Waals surface area contributed by atoms with Gasteiger partial charge in [-0.05, 0) is 37.5 Å². The maximum Gasteiger partial charge on any atom is 0.191 e. The number of nitrogens with one attached hydrogen (secondary N) is 2. The lowest BCUT2D eigenvalue weighted by atomic mass is 9.96. The highest BCUT2D eigenvalue weighted by atomic mass is 19.1. The van der Waals surface area contributed by atoms with Crippen LogP contribution >= 0.6 is 0 Å². The third-order valence-corrected chi connectivity index (χ3v) is 3.62. The van der Waals surface area contributed by atoms with E-state index >= 15 is 0 Å². The number of aliphatic imine (C=N–C) groups is 1. The van der Waals surface area contributed by atoms with Gasteiger partial charge in [0.1, 0.15) is 5.82 Å². The molecule has 0 aliphatic heterocycles. The van der Waals surface area contributed by atoms with Gasteiger partial charge in [-0.3, -0.25) is 0 Å². The molecule has 4 heteroatoms. The van der Waals surface area contributed by atoms with E-state index in [2.05, 4.69) is 22.5 Å². The van der Waals surface area contributed by atoms with E-state index in [1.54, 1.807) is 12.1 Å². The molecular weight excluding hydrogens is 253 g/mol. The van der Waals surface area contributed by atoms with Crippen molar-refractivity contribution in [3.8, 4) is 0 Å².